The Hall–Kier alpha value is -3.35. The summed E-state index contributed by atoms with van der Waals surface area (Å²) >= 11 is 0. The number of amides is 3. The molecule has 1 aliphatic heterocycles. The number of para-hydroxylation sites is 1. The number of carbonyl (C=O) groups is 3. The summed E-state index contributed by atoms with van der Waals surface area (Å²) in [7, 11) is 0. The van der Waals surface area contributed by atoms with Crippen molar-refractivity contribution in [1.29, 1.82) is 0 Å². The number of hydrogen-bond acceptors (Lipinski definition) is 5. The van der Waals surface area contributed by atoms with Crippen molar-refractivity contribution in [3.8, 4) is 11.5 Å². The Balaban J connectivity index is 1.45. The molecular weight excluding hydrogens is 432 g/mol. The first-order chi connectivity index (χ1) is 16.2. The van der Waals surface area contributed by atoms with Gasteiger partial charge in [-0.2, -0.15) is 0 Å². The summed E-state index contributed by atoms with van der Waals surface area (Å²) in [5.74, 6) is 0.478. The van der Waals surface area contributed by atoms with Gasteiger partial charge in [0.15, 0.2) is 0 Å². The van der Waals surface area contributed by atoms with Gasteiger partial charge in [-0.1, -0.05) is 49.6 Å². The SMILES string of the molecule is CC(C)(C)OC(=O)NCCCCCCCc1ccccc1Oc1cccc2c1C(=O)NC(=O)C2. The molecule has 2 aromatic rings. The highest BCUT2D eigenvalue weighted by atomic mass is 16.6. The van der Waals surface area contributed by atoms with Gasteiger partial charge in [-0.25, -0.2) is 4.79 Å². The van der Waals surface area contributed by atoms with E-state index in [1.807, 2.05) is 45.0 Å². The number of rotatable bonds is 10. The largest absolute Gasteiger partial charge is 0.456 e. The minimum atomic E-state index is -0.477. The Morgan fingerprint density at radius 2 is 1.65 bits per heavy atom. The van der Waals surface area contributed by atoms with Crippen LogP contribution >= 0.6 is 0 Å². The molecule has 3 amide bonds. The van der Waals surface area contributed by atoms with E-state index in [9.17, 15) is 14.4 Å². The van der Waals surface area contributed by atoms with Crippen LogP contribution in [0.2, 0.25) is 0 Å². The first-order valence-corrected chi connectivity index (χ1v) is 11.9. The zero-order chi connectivity index (χ0) is 24.6. The number of imide groups is 1. The summed E-state index contributed by atoms with van der Waals surface area (Å²) in [5.41, 5.74) is 1.72. The van der Waals surface area contributed by atoms with E-state index in [4.69, 9.17) is 9.47 Å². The second-order valence-electron chi connectivity index (χ2n) is 9.50. The number of hydrogen-bond donors (Lipinski definition) is 2. The highest BCUT2D eigenvalue weighted by Gasteiger charge is 2.26. The molecular formula is C27H34N2O5. The van der Waals surface area contributed by atoms with Crippen molar-refractivity contribution in [2.24, 2.45) is 0 Å². The third-order valence-electron chi connectivity index (χ3n) is 5.43. The zero-order valence-electron chi connectivity index (χ0n) is 20.2. The smallest absolute Gasteiger partial charge is 0.407 e. The number of unbranched alkanes of at least 4 members (excludes halogenated alkanes) is 4. The number of benzene rings is 2. The van der Waals surface area contributed by atoms with E-state index >= 15 is 0 Å². The van der Waals surface area contributed by atoms with Crippen molar-refractivity contribution >= 4 is 17.9 Å². The second-order valence-corrected chi connectivity index (χ2v) is 9.50. The molecule has 2 N–H and O–H groups in total. The van der Waals surface area contributed by atoms with Crippen LogP contribution in [-0.4, -0.2) is 30.1 Å². The van der Waals surface area contributed by atoms with Crippen LogP contribution in [0.15, 0.2) is 42.5 Å². The third kappa shape index (κ3) is 7.61. The molecule has 1 heterocycles. The molecule has 0 aromatic heterocycles. The summed E-state index contributed by atoms with van der Waals surface area (Å²) in [6.07, 6.45) is 5.81. The van der Waals surface area contributed by atoms with Crippen molar-refractivity contribution in [3.63, 3.8) is 0 Å². The fraction of sp³-hybridized carbons (Fsp3) is 0.444. The van der Waals surface area contributed by atoms with E-state index in [0.717, 1.165) is 49.8 Å². The Labute approximate surface area is 201 Å². The molecule has 0 bridgehead atoms. The van der Waals surface area contributed by atoms with Gasteiger partial charge in [-0.05, 0) is 63.3 Å². The van der Waals surface area contributed by atoms with Gasteiger partial charge in [0.1, 0.15) is 17.1 Å². The van der Waals surface area contributed by atoms with Crippen LogP contribution in [0.4, 0.5) is 4.79 Å². The van der Waals surface area contributed by atoms with E-state index < -0.39 is 11.5 Å². The van der Waals surface area contributed by atoms with Crippen LogP contribution < -0.4 is 15.4 Å². The van der Waals surface area contributed by atoms with E-state index in [1.165, 1.54) is 0 Å². The molecule has 1 aliphatic rings. The van der Waals surface area contributed by atoms with Crippen LogP contribution in [0, 0.1) is 0 Å². The molecule has 182 valence electrons. The van der Waals surface area contributed by atoms with Crippen molar-refractivity contribution in [3.05, 3.63) is 59.2 Å². The summed E-state index contributed by atoms with van der Waals surface area (Å²) in [6.45, 7) is 6.17. The Morgan fingerprint density at radius 3 is 2.44 bits per heavy atom. The normalized spacial score (nSPS) is 13.1. The number of ether oxygens (including phenoxy) is 2. The molecule has 0 aliphatic carbocycles. The van der Waals surface area contributed by atoms with Crippen molar-refractivity contribution in [2.45, 2.75) is 71.3 Å². The zero-order valence-corrected chi connectivity index (χ0v) is 20.2. The molecule has 3 rings (SSSR count). The molecule has 0 unspecified atom stereocenters. The topological polar surface area (TPSA) is 93.7 Å². The number of aryl methyl sites for hydroxylation is 1. The maximum absolute atomic E-state index is 12.4. The van der Waals surface area contributed by atoms with Crippen molar-refractivity contribution < 1.29 is 23.9 Å². The standard InChI is InChI=1S/C27H34N2O5/c1-27(2,3)34-26(32)28-17-10-6-4-5-7-12-19-13-8-9-15-21(19)33-22-16-11-14-20-18-23(30)29-25(31)24(20)22/h8-9,11,13-16H,4-7,10,12,17-18H2,1-3H3,(H,28,32)(H,29,30,31). The van der Waals surface area contributed by atoms with Gasteiger partial charge in [0.25, 0.3) is 5.91 Å². The Morgan fingerprint density at radius 1 is 0.941 bits per heavy atom. The molecule has 7 nitrogen and oxygen atoms in total. The number of alkyl carbamates (subject to hydrolysis) is 1. The molecule has 0 radical (unpaired) electrons. The molecule has 0 spiro atoms. The van der Waals surface area contributed by atoms with Crippen LogP contribution in [0.25, 0.3) is 0 Å². The Bertz CT molecular complexity index is 1030. The molecule has 0 saturated heterocycles. The van der Waals surface area contributed by atoms with Gasteiger partial charge < -0.3 is 14.8 Å². The Kier molecular flexibility index (Phi) is 8.68. The molecule has 7 heteroatoms. The summed E-state index contributed by atoms with van der Waals surface area (Å²) < 4.78 is 11.4. The summed E-state index contributed by atoms with van der Waals surface area (Å²) in [6, 6.07) is 13.2. The highest BCUT2D eigenvalue weighted by molar-refractivity contribution is 6.11. The number of carbonyl (C=O) groups excluding carboxylic acids is 3. The fourth-order valence-electron chi connectivity index (χ4n) is 3.88. The minimum Gasteiger partial charge on any atom is -0.456 e. The molecule has 0 fully saturated rings. The molecule has 34 heavy (non-hydrogen) atoms. The van der Waals surface area contributed by atoms with Crippen LogP contribution in [0.1, 0.15) is 74.4 Å². The minimum absolute atomic E-state index is 0.174. The average Bonchev–Trinajstić information content (AvgIpc) is 2.75. The van der Waals surface area contributed by atoms with Gasteiger partial charge in [-0.3, -0.25) is 14.9 Å². The van der Waals surface area contributed by atoms with Gasteiger partial charge in [-0.15, -0.1) is 0 Å². The molecule has 0 saturated carbocycles. The van der Waals surface area contributed by atoms with Crippen LogP contribution in [-0.2, 0) is 22.4 Å². The predicted molar refractivity (Wildman–Crippen MR) is 130 cm³/mol. The van der Waals surface area contributed by atoms with Crippen molar-refractivity contribution in [2.75, 3.05) is 6.54 Å². The first kappa shape index (κ1) is 25.3. The third-order valence-corrected chi connectivity index (χ3v) is 5.43. The summed E-state index contributed by atoms with van der Waals surface area (Å²) in [4.78, 5) is 35.7. The highest BCUT2D eigenvalue weighted by Crippen LogP contribution is 2.32. The van der Waals surface area contributed by atoms with Crippen LogP contribution in [0.5, 0.6) is 11.5 Å². The molecule has 0 atom stereocenters. The fourth-order valence-corrected chi connectivity index (χ4v) is 3.88. The van der Waals surface area contributed by atoms with Gasteiger partial charge in [0, 0.05) is 6.54 Å². The maximum atomic E-state index is 12.4. The maximum Gasteiger partial charge on any atom is 0.407 e. The number of fused-ring (bicyclic) bond motifs is 1. The average molecular weight is 467 g/mol. The quantitative estimate of drug-likeness (QED) is 0.366. The van der Waals surface area contributed by atoms with E-state index in [-0.39, 0.29) is 18.4 Å². The monoisotopic (exact) mass is 466 g/mol. The second kappa shape index (κ2) is 11.7. The van der Waals surface area contributed by atoms with Crippen LogP contribution in [0.3, 0.4) is 0 Å². The summed E-state index contributed by atoms with van der Waals surface area (Å²) in [5, 5.41) is 5.16. The lowest BCUT2D eigenvalue weighted by Crippen LogP contribution is -2.37. The lowest BCUT2D eigenvalue weighted by Gasteiger charge is -2.19. The van der Waals surface area contributed by atoms with Gasteiger partial charge in [0.2, 0.25) is 5.91 Å². The number of nitrogens with one attached hydrogen (secondary N) is 2. The lowest BCUT2D eigenvalue weighted by atomic mass is 9.99. The predicted octanol–water partition coefficient (Wildman–Crippen LogP) is 5.31. The first-order valence-electron chi connectivity index (χ1n) is 11.9. The van der Waals surface area contributed by atoms with E-state index in [2.05, 4.69) is 10.6 Å². The van der Waals surface area contributed by atoms with Gasteiger partial charge >= 0.3 is 6.09 Å². The van der Waals surface area contributed by atoms with Gasteiger partial charge in [0.05, 0.1) is 12.0 Å². The van der Waals surface area contributed by atoms with E-state index in [1.54, 1.807) is 18.2 Å². The van der Waals surface area contributed by atoms with Crippen molar-refractivity contribution in [1.82, 2.24) is 10.6 Å². The molecule has 2 aromatic carbocycles. The lowest BCUT2D eigenvalue weighted by molar-refractivity contribution is -0.119. The van der Waals surface area contributed by atoms with E-state index in [0.29, 0.717) is 23.4 Å².